The van der Waals surface area contributed by atoms with Crippen LogP contribution in [0.25, 0.3) is 0 Å². The molecule has 8 heteroatoms. The van der Waals surface area contributed by atoms with Crippen molar-refractivity contribution in [2.45, 2.75) is 25.9 Å². The number of furan rings is 1. The second kappa shape index (κ2) is 9.05. The number of anilines is 1. The lowest BCUT2D eigenvalue weighted by Gasteiger charge is -2.24. The van der Waals surface area contributed by atoms with Gasteiger partial charge in [-0.2, -0.15) is 0 Å². The number of hydrogen-bond donors (Lipinski definition) is 2. The summed E-state index contributed by atoms with van der Waals surface area (Å²) < 4.78 is 16.0. The third kappa shape index (κ3) is 4.12. The van der Waals surface area contributed by atoms with Crippen LogP contribution in [0.15, 0.2) is 59.2 Å². The summed E-state index contributed by atoms with van der Waals surface area (Å²) in [5.74, 6) is 0.526. The molecule has 0 fully saturated rings. The van der Waals surface area contributed by atoms with E-state index in [-0.39, 0.29) is 6.04 Å². The standard InChI is InChI=1S/C24H25N3O5/c1-15-12-16-6-4-5-7-19(16)27(15)14-22-18(10-11-32-22)24(29)26-25-23(28)17-8-9-20(30-2)21(13-17)31-3/h4-11,13,15H,12,14H2,1-3H3,(H,25,28)(H,26,29). The van der Waals surface area contributed by atoms with Gasteiger partial charge in [0.1, 0.15) is 5.76 Å². The molecule has 1 atom stereocenters. The summed E-state index contributed by atoms with van der Waals surface area (Å²) in [4.78, 5) is 27.4. The quantitative estimate of drug-likeness (QED) is 0.577. The number of carbonyl (C=O) groups excluding carboxylic acids is 2. The van der Waals surface area contributed by atoms with Gasteiger partial charge < -0.3 is 18.8 Å². The Morgan fingerprint density at radius 3 is 2.56 bits per heavy atom. The predicted molar refractivity (Wildman–Crippen MR) is 119 cm³/mol. The number of para-hydroxylation sites is 1. The van der Waals surface area contributed by atoms with Crippen LogP contribution in [-0.2, 0) is 13.0 Å². The minimum atomic E-state index is -0.480. The first-order valence-corrected chi connectivity index (χ1v) is 10.3. The first-order chi connectivity index (χ1) is 15.5. The fourth-order valence-corrected chi connectivity index (χ4v) is 3.92. The Kier molecular flexibility index (Phi) is 6.02. The van der Waals surface area contributed by atoms with Gasteiger partial charge in [-0.05, 0) is 49.2 Å². The summed E-state index contributed by atoms with van der Waals surface area (Å²) in [6, 6.07) is 14.9. The van der Waals surface area contributed by atoms with E-state index in [0.717, 1.165) is 12.1 Å². The largest absolute Gasteiger partial charge is 0.493 e. The molecule has 8 nitrogen and oxygen atoms in total. The van der Waals surface area contributed by atoms with Crippen molar-refractivity contribution in [3.8, 4) is 11.5 Å². The minimum Gasteiger partial charge on any atom is -0.493 e. The number of hydrazine groups is 1. The van der Waals surface area contributed by atoms with Crippen LogP contribution >= 0.6 is 0 Å². The number of ether oxygens (including phenoxy) is 2. The van der Waals surface area contributed by atoms with E-state index in [4.69, 9.17) is 13.9 Å². The topological polar surface area (TPSA) is 93.0 Å². The average Bonchev–Trinajstić information content (AvgIpc) is 3.41. The molecule has 0 saturated carbocycles. The number of hydrogen-bond acceptors (Lipinski definition) is 6. The summed E-state index contributed by atoms with van der Waals surface area (Å²) in [5, 5.41) is 0. The van der Waals surface area contributed by atoms with E-state index in [0.29, 0.717) is 34.9 Å². The molecular formula is C24H25N3O5. The van der Waals surface area contributed by atoms with E-state index in [2.05, 4.69) is 34.8 Å². The zero-order chi connectivity index (χ0) is 22.7. The molecular weight excluding hydrogens is 410 g/mol. The molecule has 0 bridgehead atoms. The molecule has 0 radical (unpaired) electrons. The summed E-state index contributed by atoms with van der Waals surface area (Å²) in [5.41, 5.74) is 7.99. The van der Waals surface area contributed by atoms with Crippen molar-refractivity contribution in [3.63, 3.8) is 0 Å². The molecule has 1 aliphatic rings. The lowest BCUT2D eigenvalue weighted by atomic mass is 10.1. The zero-order valence-electron chi connectivity index (χ0n) is 18.2. The number of amides is 2. The number of nitrogens with zero attached hydrogens (tertiary/aromatic N) is 1. The molecule has 0 aliphatic carbocycles. The van der Waals surface area contributed by atoms with Crippen LogP contribution in [0.2, 0.25) is 0 Å². The van der Waals surface area contributed by atoms with Gasteiger partial charge in [-0.1, -0.05) is 18.2 Å². The fourth-order valence-electron chi connectivity index (χ4n) is 3.92. The van der Waals surface area contributed by atoms with Crippen molar-refractivity contribution in [1.29, 1.82) is 0 Å². The van der Waals surface area contributed by atoms with E-state index in [1.165, 1.54) is 32.1 Å². The van der Waals surface area contributed by atoms with Gasteiger partial charge >= 0.3 is 0 Å². The number of fused-ring (bicyclic) bond motifs is 1. The molecule has 0 saturated heterocycles. The van der Waals surface area contributed by atoms with Crippen molar-refractivity contribution in [2.24, 2.45) is 0 Å². The molecule has 32 heavy (non-hydrogen) atoms. The van der Waals surface area contributed by atoms with Crippen LogP contribution in [0.5, 0.6) is 11.5 Å². The van der Waals surface area contributed by atoms with Gasteiger partial charge in [-0.15, -0.1) is 0 Å². The maximum Gasteiger partial charge on any atom is 0.273 e. The molecule has 0 spiro atoms. The fraction of sp³-hybridized carbons (Fsp3) is 0.250. The highest BCUT2D eigenvalue weighted by atomic mass is 16.5. The summed E-state index contributed by atoms with van der Waals surface area (Å²) in [6.45, 7) is 2.60. The SMILES string of the molecule is COc1ccc(C(=O)NNC(=O)c2ccoc2CN2c3ccccc3CC2C)cc1OC. The highest BCUT2D eigenvalue weighted by Crippen LogP contribution is 2.33. The highest BCUT2D eigenvalue weighted by Gasteiger charge is 2.28. The van der Waals surface area contributed by atoms with E-state index in [9.17, 15) is 9.59 Å². The van der Waals surface area contributed by atoms with Gasteiger partial charge in [0.2, 0.25) is 0 Å². The van der Waals surface area contributed by atoms with E-state index in [1.807, 2.05) is 12.1 Å². The molecule has 3 aromatic rings. The van der Waals surface area contributed by atoms with Crippen LogP contribution < -0.4 is 25.2 Å². The first kappa shape index (κ1) is 21.3. The Morgan fingerprint density at radius 1 is 1.03 bits per heavy atom. The van der Waals surface area contributed by atoms with Crippen molar-refractivity contribution in [2.75, 3.05) is 19.1 Å². The van der Waals surface area contributed by atoms with Gasteiger partial charge in [0.05, 0.1) is 32.6 Å². The lowest BCUT2D eigenvalue weighted by Crippen LogP contribution is -2.42. The molecule has 2 aromatic carbocycles. The van der Waals surface area contributed by atoms with Crippen molar-refractivity contribution >= 4 is 17.5 Å². The Hall–Kier alpha value is -3.94. The molecule has 1 aromatic heterocycles. The third-order valence-corrected chi connectivity index (χ3v) is 5.59. The molecule has 1 aliphatic heterocycles. The van der Waals surface area contributed by atoms with Crippen molar-refractivity contribution in [1.82, 2.24) is 10.9 Å². The summed E-state index contributed by atoms with van der Waals surface area (Å²) in [6.07, 6.45) is 2.42. The Balaban J connectivity index is 1.42. The summed E-state index contributed by atoms with van der Waals surface area (Å²) in [7, 11) is 3.00. The molecule has 2 amide bonds. The van der Waals surface area contributed by atoms with Gasteiger partial charge in [0.15, 0.2) is 11.5 Å². The zero-order valence-corrected chi connectivity index (χ0v) is 18.2. The average molecular weight is 435 g/mol. The van der Waals surface area contributed by atoms with Gasteiger partial charge in [-0.3, -0.25) is 20.4 Å². The molecule has 2 N–H and O–H groups in total. The lowest BCUT2D eigenvalue weighted by molar-refractivity contribution is 0.0845. The molecule has 4 rings (SSSR count). The maximum absolute atomic E-state index is 12.7. The molecule has 166 valence electrons. The molecule has 2 heterocycles. The smallest absolute Gasteiger partial charge is 0.273 e. The van der Waals surface area contributed by atoms with Crippen LogP contribution in [0.3, 0.4) is 0 Å². The summed E-state index contributed by atoms with van der Waals surface area (Å²) >= 11 is 0. The van der Waals surface area contributed by atoms with E-state index in [1.54, 1.807) is 18.2 Å². The number of methoxy groups -OCH3 is 2. The Bertz CT molecular complexity index is 1140. The molecule has 1 unspecified atom stereocenters. The van der Waals surface area contributed by atoms with Crippen LogP contribution in [0.4, 0.5) is 5.69 Å². The van der Waals surface area contributed by atoms with Gasteiger partial charge in [0, 0.05) is 17.3 Å². The second-order valence-electron chi connectivity index (χ2n) is 7.55. The number of carbonyl (C=O) groups is 2. The van der Waals surface area contributed by atoms with E-state index >= 15 is 0 Å². The number of benzene rings is 2. The third-order valence-electron chi connectivity index (χ3n) is 5.59. The number of nitrogens with one attached hydrogen (secondary N) is 2. The van der Waals surface area contributed by atoms with Gasteiger partial charge in [-0.25, -0.2) is 0 Å². The van der Waals surface area contributed by atoms with Crippen LogP contribution in [0.1, 0.15) is 39.0 Å². The normalized spacial score (nSPS) is 14.6. The van der Waals surface area contributed by atoms with Crippen molar-refractivity contribution in [3.05, 3.63) is 77.2 Å². The monoisotopic (exact) mass is 435 g/mol. The second-order valence-corrected chi connectivity index (χ2v) is 7.55. The maximum atomic E-state index is 12.7. The Labute approximate surface area is 186 Å². The highest BCUT2D eigenvalue weighted by molar-refractivity contribution is 5.99. The van der Waals surface area contributed by atoms with E-state index < -0.39 is 11.8 Å². The number of rotatable bonds is 6. The minimum absolute atomic E-state index is 0.290. The predicted octanol–water partition coefficient (Wildman–Crippen LogP) is 3.32. The van der Waals surface area contributed by atoms with Gasteiger partial charge in [0.25, 0.3) is 11.8 Å². The van der Waals surface area contributed by atoms with Crippen LogP contribution in [0, 0.1) is 0 Å². The van der Waals surface area contributed by atoms with Crippen molar-refractivity contribution < 1.29 is 23.5 Å². The Morgan fingerprint density at radius 2 is 1.78 bits per heavy atom. The van der Waals surface area contributed by atoms with Crippen LogP contribution in [-0.4, -0.2) is 32.1 Å². The first-order valence-electron chi connectivity index (χ1n) is 10.3.